The Balaban J connectivity index is 2.03. The molecule has 0 aliphatic carbocycles. The molecule has 1 saturated heterocycles. The molecule has 0 radical (unpaired) electrons. The average Bonchev–Trinajstić information content (AvgIpc) is 2.41. The van der Waals surface area contributed by atoms with Gasteiger partial charge in [-0.25, -0.2) is 0 Å². The van der Waals surface area contributed by atoms with E-state index in [0.29, 0.717) is 6.42 Å². The number of carbonyl (C=O) groups is 1. The number of likely N-dealkylation sites (tertiary alicyclic amines) is 1. The number of hydrogen-bond donors (Lipinski definition) is 1. The van der Waals surface area contributed by atoms with Crippen molar-refractivity contribution in [2.75, 3.05) is 6.54 Å². The smallest absolute Gasteiger partial charge is 0.227 e. The van der Waals surface area contributed by atoms with E-state index >= 15 is 0 Å². The second-order valence-corrected chi connectivity index (χ2v) is 5.67. The molecule has 0 spiro atoms. The first-order valence-corrected chi connectivity index (χ1v) is 7.18. The molecule has 1 fully saturated rings. The molecule has 0 aromatic heterocycles. The zero-order valence-electron chi connectivity index (χ0n) is 11.9. The number of nitrogens with zero attached hydrogens (tertiary/aromatic N) is 1. The van der Waals surface area contributed by atoms with Gasteiger partial charge in [0.25, 0.3) is 0 Å². The van der Waals surface area contributed by atoms with E-state index in [1.807, 2.05) is 24.0 Å². The van der Waals surface area contributed by atoms with Crippen molar-refractivity contribution in [3.63, 3.8) is 0 Å². The average molecular weight is 260 g/mol. The largest absolute Gasteiger partial charge is 0.338 e. The van der Waals surface area contributed by atoms with Gasteiger partial charge in [-0.1, -0.05) is 29.8 Å². The van der Waals surface area contributed by atoms with Gasteiger partial charge in [-0.2, -0.15) is 0 Å². The van der Waals surface area contributed by atoms with Gasteiger partial charge in [0.1, 0.15) is 0 Å². The third-order valence-electron chi connectivity index (χ3n) is 3.95. The zero-order chi connectivity index (χ0) is 13.8. The van der Waals surface area contributed by atoms with Crippen LogP contribution in [0.2, 0.25) is 0 Å². The summed E-state index contributed by atoms with van der Waals surface area (Å²) >= 11 is 0. The van der Waals surface area contributed by atoms with Gasteiger partial charge in [0, 0.05) is 18.6 Å². The Hall–Kier alpha value is -1.35. The van der Waals surface area contributed by atoms with Crippen LogP contribution in [0.3, 0.4) is 0 Å². The Labute approximate surface area is 115 Å². The van der Waals surface area contributed by atoms with E-state index in [1.54, 1.807) is 0 Å². The molecule has 0 bridgehead atoms. The molecule has 2 N–H and O–H groups in total. The van der Waals surface area contributed by atoms with Crippen LogP contribution in [0.15, 0.2) is 24.3 Å². The Morgan fingerprint density at radius 1 is 1.37 bits per heavy atom. The molecule has 1 aliphatic rings. The van der Waals surface area contributed by atoms with Gasteiger partial charge in [-0.3, -0.25) is 4.79 Å². The predicted octanol–water partition coefficient (Wildman–Crippen LogP) is 2.27. The molecular formula is C16H24N2O. The molecule has 1 aliphatic heterocycles. The fourth-order valence-electron chi connectivity index (χ4n) is 2.80. The first-order chi connectivity index (χ1) is 9.08. The lowest BCUT2D eigenvalue weighted by molar-refractivity contribution is -0.134. The molecule has 2 atom stereocenters. The Morgan fingerprint density at radius 2 is 2.05 bits per heavy atom. The van der Waals surface area contributed by atoms with Gasteiger partial charge in [0.15, 0.2) is 0 Å². The summed E-state index contributed by atoms with van der Waals surface area (Å²) < 4.78 is 0. The standard InChI is InChI=1S/C16H24N2O/c1-12-6-8-14(9-7-12)11-16(19)18-10-4-3-5-15(18)13(2)17/h6-9,13,15H,3-5,10-11,17H2,1-2H3. The topological polar surface area (TPSA) is 46.3 Å². The van der Waals surface area contributed by atoms with Crippen LogP contribution in [0.5, 0.6) is 0 Å². The van der Waals surface area contributed by atoms with Crippen LogP contribution in [0.4, 0.5) is 0 Å². The highest BCUT2D eigenvalue weighted by Crippen LogP contribution is 2.20. The summed E-state index contributed by atoms with van der Waals surface area (Å²) in [6.45, 7) is 4.92. The minimum Gasteiger partial charge on any atom is -0.338 e. The monoisotopic (exact) mass is 260 g/mol. The number of nitrogens with two attached hydrogens (primary N) is 1. The van der Waals surface area contributed by atoms with Gasteiger partial charge < -0.3 is 10.6 Å². The van der Waals surface area contributed by atoms with Crippen LogP contribution < -0.4 is 5.73 Å². The Bertz CT molecular complexity index is 425. The lowest BCUT2D eigenvalue weighted by Gasteiger charge is -2.38. The van der Waals surface area contributed by atoms with Crippen molar-refractivity contribution in [1.82, 2.24) is 4.90 Å². The quantitative estimate of drug-likeness (QED) is 0.906. The summed E-state index contributed by atoms with van der Waals surface area (Å²) in [6.07, 6.45) is 3.81. The highest BCUT2D eigenvalue weighted by molar-refractivity contribution is 5.79. The minimum absolute atomic E-state index is 0.0577. The summed E-state index contributed by atoms with van der Waals surface area (Å²) in [6, 6.07) is 8.47. The van der Waals surface area contributed by atoms with Crippen LogP contribution in [-0.2, 0) is 11.2 Å². The molecule has 1 heterocycles. The van der Waals surface area contributed by atoms with Gasteiger partial charge >= 0.3 is 0 Å². The van der Waals surface area contributed by atoms with E-state index in [1.165, 1.54) is 12.0 Å². The predicted molar refractivity (Wildman–Crippen MR) is 77.9 cm³/mol. The number of piperidine rings is 1. The van der Waals surface area contributed by atoms with Crippen molar-refractivity contribution in [2.24, 2.45) is 5.73 Å². The van der Waals surface area contributed by atoms with Gasteiger partial charge in [0.05, 0.1) is 6.42 Å². The van der Waals surface area contributed by atoms with Crippen LogP contribution in [0.1, 0.15) is 37.3 Å². The minimum atomic E-state index is 0.0577. The van der Waals surface area contributed by atoms with Crippen LogP contribution in [-0.4, -0.2) is 29.4 Å². The normalized spacial score (nSPS) is 21.2. The molecule has 3 nitrogen and oxygen atoms in total. The highest BCUT2D eigenvalue weighted by Gasteiger charge is 2.28. The van der Waals surface area contributed by atoms with Gasteiger partial charge in [-0.15, -0.1) is 0 Å². The first-order valence-electron chi connectivity index (χ1n) is 7.18. The van der Waals surface area contributed by atoms with Crippen molar-refractivity contribution >= 4 is 5.91 Å². The van der Waals surface area contributed by atoms with Gasteiger partial charge in [-0.05, 0) is 38.7 Å². The second-order valence-electron chi connectivity index (χ2n) is 5.67. The lowest BCUT2D eigenvalue weighted by Crippen LogP contribution is -2.52. The third-order valence-corrected chi connectivity index (χ3v) is 3.95. The summed E-state index contributed by atoms with van der Waals surface area (Å²) in [4.78, 5) is 14.4. The summed E-state index contributed by atoms with van der Waals surface area (Å²) in [5.74, 6) is 0.214. The number of carbonyl (C=O) groups excluding carboxylic acids is 1. The van der Waals surface area contributed by atoms with Crippen molar-refractivity contribution in [3.8, 4) is 0 Å². The maximum atomic E-state index is 12.4. The van der Waals surface area contributed by atoms with E-state index in [9.17, 15) is 4.79 Å². The fourth-order valence-corrected chi connectivity index (χ4v) is 2.80. The number of benzene rings is 1. The number of hydrogen-bond acceptors (Lipinski definition) is 2. The molecule has 19 heavy (non-hydrogen) atoms. The van der Waals surface area contributed by atoms with Crippen LogP contribution in [0.25, 0.3) is 0 Å². The first kappa shape index (κ1) is 14.1. The van der Waals surface area contributed by atoms with E-state index in [0.717, 1.165) is 24.9 Å². The number of rotatable bonds is 3. The highest BCUT2D eigenvalue weighted by atomic mass is 16.2. The number of aryl methyl sites for hydroxylation is 1. The van der Waals surface area contributed by atoms with Crippen molar-refractivity contribution in [2.45, 2.75) is 51.6 Å². The second kappa shape index (κ2) is 6.20. The summed E-state index contributed by atoms with van der Waals surface area (Å²) in [5.41, 5.74) is 8.33. The molecule has 1 amide bonds. The maximum absolute atomic E-state index is 12.4. The molecule has 2 rings (SSSR count). The Kier molecular flexibility index (Phi) is 4.59. The maximum Gasteiger partial charge on any atom is 0.227 e. The van der Waals surface area contributed by atoms with E-state index in [4.69, 9.17) is 5.73 Å². The molecular weight excluding hydrogens is 236 g/mol. The molecule has 2 unspecified atom stereocenters. The van der Waals surface area contributed by atoms with Crippen molar-refractivity contribution in [3.05, 3.63) is 35.4 Å². The SMILES string of the molecule is Cc1ccc(CC(=O)N2CCCCC2C(C)N)cc1. The summed E-state index contributed by atoms with van der Waals surface area (Å²) in [5, 5.41) is 0. The van der Waals surface area contributed by atoms with Gasteiger partial charge in [0.2, 0.25) is 5.91 Å². The van der Waals surface area contributed by atoms with Crippen LogP contribution >= 0.6 is 0 Å². The van der Waals surface area contributed by atoms with Crippen molar-refractivity contribution in [1.29, 1.82) is 0 Å². The molecule has 3 heteroatoms. The zero-order valence-corrected chi connectivity index (χ0v) is 11.9. The van der Waals surface area contributed by atoms with E-state index in [2.05, 4.69) is 19.1 Å². The molecule has 0 saturated carbocycles. The van der Waals surface area contributed by atoms with Crippen molar-refractivity contribution < 1.29 is 4.79 Å². The van der Waals surface area contributed by atoms with E-state index in [-0.39, 0.29) is 18.0 Å². The molecule has 1 aromatic rings. The Morgan fingerprint density at radius 3 is 2.68 bits per heavy atom. The number of amides is 1. The fraction of sp³-hybridized carbons (Fsp3) is 0.562. The lowest BCUT2D eigenvalue weighted by atomic mass is 9.96. The molecule has 104 valence electrons. The van der Waals surface area contributed by atoms with E-state index < -0.39 is 0 Å². The summed E-state index contributed by atoms with van der Waals surface area (Å²) in [7, 11) is 0. The molecule has 1 aromatic carbocycles. The third kappa shape index (κ3) is 3.57. The van der Waals surface area contributed by atoms with Crippen LogP contribution in [0, 0.1) is 6.92 Å².